The van der Waals surface area contributed by atoms with Crippen LogP contribution in [-0.4, -0.2) is 45.7 Å². The van der Waals surface area contributed by atoms with Crippen molar-refractivity contribution >= 4 is 22.8 Å². The van der Waals surface area contributed by atoms with Gasteiger partial charge in [0, 0.05) is 30.9 Å². The molecule has 2 heterocycles. The number of benzene rings is 2. The highest BCUT2D eigenvalue weighted by Crippen LogP contribution is 2.25. The Morgan fingerprint density at radius 2 is 1.88 bits per heavy atom. The molecule has 0 aliphatic carbocycles. The Labute approximate surface area is 185 Å². The average Bonchev–Trinajstić information content (AvgIpc) is 2.84. The molecule has 0 spiro atoms. The molecule has 0 fully saturated rings. The molecule has 0 aliphatic heterocycles. The summed E-state index contributed by atoms with van der Waals surface area (Å²) in [5.41, 5.74) is 2.14. The number of aromatic nitrogens is 3. The molecule has 32 heavy (non-hydrogen) atoms. The van der Waals surface area contributed by atoms with Crippen molar-refractivity contribution in [2.24, 2.45) is 0 Å². The van der Waals surface area contributed by atoms with E-state index in [2.05, 4.69) is 25.6 Å². The minimum atomic E-state index is -0.282. The predicted molar refractivity (Wildman–Crippen MR) is 122 cm³/mol. The highest BCUT2D eigenvalue weighted by molar-refractivity contribution is 5.92. The molecule has 0 aliphatic rings. The number of hydrogen-bond acceptors (Lipinski definition) is 7. The molecule has 4 aromatic rings. The summed E-state index contributed by atoms with van der Waals surface area (Å²) < 4.78 is 5.88. The van der Waals surface area contributed by atoms with Gasteiger partial charge in [0.15, 0.2) is 0 Å². The maximum atomic E-state index is 11.8. The summed E-state index contributed by atoms with van der Waals surface area (Å²) in [5.74, 6) is 1.26. The van der Waals surface area contributed by atoms with Crippen LogP contribution in [0.5, 0.6) is 11.5 Å². The van der Waals surface area contributed by atoms with Crippen molar-refractivity contribution in [1.82, 2.24) is 20.3 Å². The Balaban J connectivity index is 1.48. The molecule has 0 bridgehead atoms. The number of nitrogens with zero attached hydrogens (tertiary/aromatic N) is 3. The fourth-order valence-electron chi connectivity index (χ4n) is 3.25. The van der Waals surface area contributed by atoms with Crippen LogP contribution in [0.3, 0.4) is 0 Å². The Morgan fingerprint density at radius 3 is 2.66 bits per heavy atom. The molecule has 2 aromatic heterocycles. The summed E-state index contributed by atoms with van der Waals surface area (Å²) in [4.78, 5) is 24.7. The number of aliphatic hydroxyl groups excluding tert-OH is 1. The first-order valence-electron chi connectivity index (χ1n) is 10.2. The molecule has 8 heteroatoms. The third-order valence-electron chi connectivity index (χ3n) is 4.86. The van der Waals surface area contributed by atoms with Gasteiger partial charge < -0.3 is 20.5 Å². The fourth-order valence-corrected chi connectivity index (χ4v) is 3.25. The highest BCUT2D eigenvalue weighted by atomic mass is 16.5. The number of fused-ring (bicyclic) bond motifs is 1. The lowest BCUT2D eigenvalue weighted by molar-refractivity contribution is 0.0958. The van der Waals surface area contributed by atoms with E-state index in [1.807, 2.05) is 42.5 Å². The fraction of sp³-hybridized carbons (Fsp3) is 0.167. The van der Waals surface area contributed by atoms with Crippen LogP contribution in [0.1, 0.15) is 16.1 Å². The van der Waals surface area contributed by atoms with Crippen molar-refractivity contribution in [2.75, 3.05) is 19.0 Å². The van der Waals surface area contributed by atoms with Gasteiger partial charge in [0.25, 0.3) is 5.91 Å². The zero-order valence-corrected chi connectivity index (χ0v) is 17.5. The second-order valence-corrected chi connectivity index (χ2v) is 7.19. The minimum Gasteiger partial charge on any atom is -0.457 e. The molecule has 3 N–H and O–H groups in total. The lowest BCUT2D eigenvalue weighted by Gasteiger charge is -2.16. The Morgan fingerprint density at radius 1 is 1.06 bits per heavy atom. The molecule has 1 atom stereocenters. The molecule has 4 rings (SSSR count). The van der Waals surface area contributed by atoms with E-state index in [1.165, 1.54) is 6.20 Å². The Hall–Kier alpha value is -4.04. The van der Waals surface area contributed by atoms with E-state index in [0.717, 1.165) is 16.5 Å². The third-order valence-corrected chi connectivity index (χ3v) is 4.86. The van der Waals surface area contributed by atoms with Crippen molar-refractivity contribution in [2.45, 2.75) is 12.5 Å². The van der Waals surface area contributed by atoms with E-state index in [0.29, 0.717) is 23.9 Å². The topological polar surface area (TPSA) is 109 Å². The zero-order chi connectivity index (χ0) is 22.3. The van der Waals surface area contributed by atoms with Gasteiger partial charge in [0.2, 0.25) is 5.95 Å². The van der Waals surface area contributed by atoms with E-state index < -0.39 is 0 Å². The summed E-state index contributed by atoms with van der Waals surface area (Å²) >= 11 is 0. The molecule has 0 saturated carbocycles. The number of anilines is 1. The van der Waals surface area contributed by atoms with Crippen LogP contribution in [0.2, 0.25) is 0 Å². The Kier molecular flexibility index (Phi) is 6.52. The molecular formula is C24H23N5O3. The van der Waals surface area contributed by atoms with Crippen molar-refractivity contribution < 1.29 is 14.6 Å². The van der Waals surface area contributed by atoms with Gasteiger partial charge in [-0.1, -0.05) is 30.3 Å². The summed E-state index contributed by atoms with van der Waals surface area (Å²) in [6.45, 7) is -0.0347. The van der Waals surface area contributed by atoms with Crippen molar-refractivity contribution in [3.8, 4) is 11.5 Å². The first-order chi connectivity index (χ1) is 15.6. The van der Waals surface area contributed by atoms with Gasteiger partial charge in [-0.15, -0.1) is 0 Å². The molecule has 0 unspecified atom stereocenters. The van der Waals surface area contributed by atoms with Gasteiger partial charge >= 0.3 is 0 Å². The summed E-state index contributed by atoms with van der Waals surface area (Å²) in [6.07, 6.45) is 3.89. The smallest absolute Gasteiger partial charge is 0.269 e. The summed E-state index contributed by atoms with van der Waals surface area (Å²) in [6, 6.07) is 18.5. The van der Waals surface area contributed by atoms with Crippen molar-refractivity contribution in [3.63, 3.8) is 0 Å². The lowest BCUT2D eigenvalue weighted by atomic mass is 10.1. The van der Waals surface area contributed by atoms with E-state index in [9.17, 15) is 9.90 Å². The summed E-state index contributed by atoms with van der Waals surface area (Å²) in [7, 11) is 1.55. The van der Waals surface area contributed by atoms with Gasteiger partial charge in [0.05, 0.1) is 18.2 Å². The molecule has 1 amide bonds. The first kappa shape index (κ1) is 21.2. The van der Waals surface area contributed by atoms with E-state index in [4.69, 9.17) is 4.74 Å². The number of amides is 1. The SMILES string of the molecule is CNC(=O)c1cc(Oc2ccc3nc(N[C@H](CO)Cc4ccccc4)ncc3c2)ccn1. The van der Waals surface area contributed by atoms with Crippen LogP contribution in [-0.2, 0) is 6.42 Å². The molecule has 0 radical (unpaired) electrons. The quantitative estimate of drug-likeness (QED) is 0.395. The largest absolute Gasteiger partial charge is 0.457 e. The van der Waals surface area contributed by atoms with Gasteiger partial charge in [-0.3, -0.25) is 9.78 Å². The van der Waals surface area contributed by atoms with E-state index in [1.54, 1.807) is 31.4 Å². The molecule has 2 aromatic carbocycles. The molecule has 0 saturated heterocycles. The van der Waals surface area contributed by atoms with Crippen molar-refractivity contribution in [3.05, 3.63) is 84.3 Å². The second-order valence-electron chi connectivity index (χ2n) is 7.19. The predicted octanol–water partition coefficient (Wildman–Crippen LogP) is 3.19. The number of rotatable bonds is 8. The van der Waals surface area contributed by atoms with E-state index >= 15 is 0 Å². The number of aliphatic hydroxyl groups is 1. The number of nitrogens with one attached hydrogen (secondary N) is 2. The maximum Gasteiger partial charge on any atom is 0.269 e. The number of carbonyl (C=O) groups excluding carboxylic acids is 1. The lowest BCUT2D eigenvalue weighted by Crippen LogP contribution is -2.27. The standard InChI is InChI=1S/C24H23N5O3/c1-25-23(31)22-13-20(9-10-26-22)32-19-7-8-21-17(12-19)14-27-24(29-21)28-18(15-30)11-16-5-3-2-4-6-16/h2-10,12-14,18,30H,11,15H2,1H3,(H,25,31)(H,27,28,29)/t18-/m0/s1. The highest BCUT2D eigenvalue weighted by Gasteiger charge is 2.11. The van der Waals surface area contributed by atoms with Gasteiger partial charge in [0.1, 0.15) is 17.2 Å². The summed E-state index contributed by atoms with van der Waals surface area (Å²) in [5, 5.41) is 16.3. The normalized spacial score (nSPS) is 11.7. The maximum absolute atomic E-state index is 11.8. The molecular weight excluding hydrogens is 406 g/mol. The molecule has 8 nitrogen and oxygen atoms in total. The van der Waals surface area contributed by atoms with Gasteiger partial charge in [-0.2, -0.15) is 0 Å². The van der Waals surface area contributed by atoms with Crippen LogP contribution in [0.15, 0.2) is 73.1 Å². The number of pyridine rings is 1. The van der Waals surface area contributed by atoms with Gasteiger partial charge in [-0.25, -0.2) is 9.97 Å². The zero-order valence-electron chi connectivity index (χ0n) is 17.5. The average molecular weight is 429 g/mol. The monoisotopic (exact) mass is 429 g/mol. The number of hydrogen-bond donors (Lipinski definition) is 3. The Bertz CT molecular complexity index is 1220. The second kappa shape index (κ2) is 9.84. The number of carbonyl (C=O) groups is 1. The van der Waals surface area contributed by atoms with Crippen LogP contribution in [0.25, 0.3) is 10.9 Å². The van der Waals surface area contributed by atoms with Gasteiger partial charge in [-0.05, 0) is 36.2 Å². The van der Waals surface area contributed by atoms with E-state index in [-0.39, 0.29) is 24.2 Å². The minimum absolute atomic E-state index is 0.0347. The van der Waals surface area contributed by atoms with Crippen LogP contribution < -0.4 is 15.4 Å². The number of ether oxygens (including phenoxy) is 1. The van der Waals surface area contributed by atoms with Crippen LogP contribution in [0, 0.1) is 0 Å². The first-order valence-corrected chi connectivity index (χ1v) is 10.2. The third kappa shape index (κ3) is 5.16. The molecule has 162 valence electrons. The van der Waals surface area contributed by atoms with Crippen LogP contribution in [0.4, 0.5) is 5.95 Å². The van der Waals surface area contributed by atoms with Crippen LogP contribution >= 0.6 is 0 Å². The van der Waals surface area contributed by atoms with Crippen molar-refractivity contribution in [1.29, 1.82) is 0 Å².